The Morgan fingerprint density at radius 3 is 2.57 bits per heavy atom. The van der Waals surface area contributed by atoms with Crippen LogP contribution in [0.25, 0.3) is 5.57 Å². The Labute approximate surface area is 83.1 Å². The van der Waals surface area contributed by atoms with Gasteiger partial charge in [0.25, 0.3) is 0 Å². The molecule has 0 aliphatic rings. The van der Waals surface area contributed by atoms with Crippen LogP contribution in [0.5, 0.6) is 0 Å². The molecule has 1 aromatic rings. The summed E-state index contributed by atoms with van der Waals surface area (Å²) < 4.78 is 0. The van der Waals surface area contributed by atoms with Crippen molar-refractivity contribution in [2.24, 2.45) is 0 Å². The minimum Gasteiger partial charge on any atom is -0.478 e. The van der Waals surface area contributed by atoms with Gasteiger partial charge in [-0.05, 0) is 24.6 Å². The first-order valence-corrected chi connectivity index (χ1v) is 4.28. The molecular weight excluding hydrogens is 178 g/mol. The average Bonchev–Trinajstić information content (AvgIpc) is 2.16. The van der Waals surface area contributed by atoms with Crippen molar-refractivity contribution < 1.29 is 9.90 Å². The van der Waals surface area contributed by atoms with E-state index in [1.807, 2.05) is 6.07 Å². The Kier molecular flexibility index (Phi) is 2.92. The third kappa shape index (κ3) is 1.76. The highest BCUT2D eigenvalue weighted by Crippen LogP contribution is 2.26. The molecule has 0 bridgehead atoms. The van der Waals surface area contributed by atoms with E-state index in [2.05, 4.69) is 11.9 Å². The van der Waals surface area contributed by atoms with Gasteiger partial charge in [0.15, 0.2) is 0 Å². The molecule has 0 fully saturated rings. The molecule has 0 amide bonds. The van der Waals surface area contributed by atoms with Crippen molar-refractivity contribution in [2.45, 2.75) is 6.92 Å². The number of hydrogen-bond donors (Lipinski definition) is 2. The van der Waals surface area contributed by atoms with Gasteiger partial charge < -0.3 is 10.4 Å². The maximum atomic E-state index is 10.9. The fourth-order valence-corrected chi connectivity index (χ4v) is 1.40. The number of nitrogens with one attached hydrogen (secondary N) is 1. The second-order valence-electron chi connectivity index (χ2n) is 3.06. The van der Waals surface area contributed by atoms with E-state index in [9.17, 15) is 4.79 Å². The second-order valence-corrected chi connectivity index (χ2v) is 3.06. The molecule has 0 atom stereocenters. The van der Waals surface area contributed by atoms with Gasteiger partial charge in [0, 0.05) is 18.3 Å². The van der Waals surface area contributed by atoms with Crippen LogP contribution in [0.1, 0.15) is 22.8 Å². The second kappa shape index (κ2) is 3.96. The summed E-state index contributed by atoms with van der Waals surface area (Å²) in [6.07, 6.45) is 0. The molecule has 0 aliphatic carbocycles. The number of carboxylic acid groups (broad SMARTS) is 1. The smallest absolute Gasteiger partial charge is 0.336 e. The maximum absolute atomic E-state index is 10.9. The third-order valence-electron chi connectivity index (χ3n) is 1.99. The van der Waals surface area contributed by atoms with Gasteiger partial charge in [-0.1, -0.05) is 12.6 Å². The zero-order valence-corrected chi connectivity index (χ0v) is 8.29. The first-order chi connectivity index (χ1) is 6.57. The van der Waals surface area contributed by atoms with Gasteiger partial charge in [-0.25, -0.2) is 4.79 Å². The molecule has 0 radical (unpaired) electrons. The number of aromatic carboxylic acids is 1. The van der Waals surface area contributed by atoms with Crippen molar-refractivity contribution in [1.82, 2.24) is 0 Å². The zero-order valence-electron chi connectivity index (χ0n) is 8.29. The van der Waals surface area contributed by atoms with E-state index >= 15 is 0 Å². The van der Waals surface area contributed by atoms with Gasteiger partial charge in [-0.3, -0.25) is 0 Å². The van der Waals surface area contributed by atoms with Crippen molar-refractivity contribution in [2.75, 3.05) is 12.4 Å². The molecular formula is C11H13NO2. The normalized spacial score (nSPS) is 9.57. The molecule has 0 spiro atoms. The minimum atomic E-state index is -0.930. The van der Waals surface area contributed by atoms with Gasteiger partial charge in [-0.2, -0.15) is 0 Å². The lowest BCUT2D eigenvalue weighted by Gasteiger charge is -2.11. The summed E-state index contributed by atoms with van der Waals surface area (Å²) in [5.41, 5.74) is 2.48. The summed E-state index contributed by atoms with van der Waals surface area (Å²) in [7, 11) is 1.76. The summed E-state index contributed by atoms with van der Waals surface area (Å²) in [5.74, 6) is -0.930. The van der Waals surface area contributed by atoms with E-state index in [0.29, 0.717) is 5.56 Å². The highest BCUT2D eigenvalue weighted by Gasteiger charge is 2.13. The molecule has 0 aliphatic heterocycles. The highest BCUT2D eigenvalue weighted by atomic mass is 16.4. The molecule has 0 saturated heterocycles. The maximum Gasteiger partial charge on any atom is 0.336 e. The predicted octanol–water partition coefficient (Wildman–Crippen LogP) is 2.46. The number of hydrogen-bond acceptors (Lipinski definition) is 2. The molecule has 3 nitrogen and oxygen atoms in total. The molecule has 1 aromatic carbocycles. The lowest BCUT2D eigenvalue weighted by atomic mass is 10.00. The standard InChI is InChI=1S/C11H13NO2/c1-7(2)10-8(11(13)14)5-4-6-9(10)12-3/h4-6,12H,1H2,2-3H3,(H,13,14). The first-order valence-electron chi connectivity index (χ1n) is 4.28. The minimum absolute atomic E-state index is 0.282. The van der Waals surface area contributed by atoms with E-state index in [1.54, 1.807) is 26.1 Å². The van der Waals surface area contributed by atoms with Gasteiger partial charge in [0.1, 0.15) is 0 Å². The van der Waals surface area contributed by atoms with Crippen LogP contribution in [0.4, 0.5) is 5.69 Å². The van der Waals surface area contributed by atoms with Gasteiger partial charge >= 0.3 is 5.97 Å². The van der Waals surface area contributed by atoms with Crippen LogP contribution in [-0.4, -0.2) is 18.1 Å². The van der Waals surface area contributed by atoms with E-state index in [-0.39, 0.29) is 5.56 Å². The first kappa shape index (κ1) is 10.3. The fourth-order valence-electron chi connectivity index (χ4n) is 1.40. The SMILES string of the molecule is C=C(C)c1c(NC)cccc1C(=O)O. The molecule has 0 heterocycles. The van der Waals surface area contributed by atoms with Crippen LogP contribution in [0.3, 0.4) is 0 Å². The van der Waals surface area contributed by atoms with E-state index < -0.39 is 5.97 Å². The van der Waals surface area contributed by atoms with E-state index in [4.69, 9.17) is 5.11 Å². The Bertz CT molecular complexity index is 383. The Morgan fingerprint density at radius 1 is 1.50 bits per heavy atom. The van der Waals surface area contributed by atoms with Crippen LogP contribution >= 0.6 is 0 Å². The highest BCUT2D eigenvalue weighted by molar-refractivity contribution is 5.96. The van der Waals surface area contributed by atoms with Gasteiger partial charge in [0.2, 0.25) is 0 Å². The van der Waals surface area contributed by atoms with Crippen LogP contribution in [0, 0.1) is 0 Å². The zero-order chi connectivity index (χ0) is 10.7. The molecule has 0 aromatic heterocycles. The topological polar surface area (TPSA) is 49.3 Å². The van der Waals surface area contributed by atoms with Crippen molar-refractivity contribution in [1.29, 1.82) is 0 Å². The average molecular weight is 191 g/mol. The number of benzene rings is 1. The largest absolute Gasteiger partial charge is 0.478 e. The lowest BCUT2D eigenvalue weighted by Crippen LogP contribution is -2.04. The van der Waals surface area contributed by atoms with E-state index in [1.165, 1.54) is 0 Å². The monoisotopic (exact) mass is 191 g/mol. The van der Waals surface area contributed by atoms with Crippen molar-refractivity contribution >= 4 is 17.2 Å². The summed E-state index contributed by atoms with van der Waals surface area (Å²) >= 11 is 0. The molecule has 1 rings (SSSR count). The number of allylic oxidation sites excluding steroid dienone is 1. The summed E-state index contributed by atoms with van der Waals surface area (Å²) in [6.45, 7) is 5.57. The van der Waals surface area contributed by atoms with Crippen LogP contribution in [0.15, 0.2) is 24.8 Å². The number of anilines is 1. The molecule has 2 N–H and O–H groups in total. The lowest BCUT2D eigenvalue weighted by molar-refractivity contribution is 0.0696. The summed E-state index contributed by atoms with van der Waals surface area (Å²) in [4.78, 5) is 10.9. The van der Waals surface area contributed by atoms with Crippen LogP contribution < -0.4 is 5.32 Å². The van der Waals surface area contributed by atoms with Gasteiger partial charge in [0.05, 0.1) is 5.56 Å². The predicted molar refractivity (Wildman–Crippen MR) is 57.7 cm³/mol. The Hall–Kier alpha value is -1.77. The Morgan fingerprint density at radius 2 is 2.14 bits per heavy atom. The molecule has 0 unspecified atom stereocenters. The van der Waals surface area contributed by atoms with Crippen LogP contribution in [-0.2, 0) is 0 Å². The van der Waals surface area contributed by atoms with Crippen LogP contribution in [0.2, 0.25) is 0 Å². The van der Waals surface area contributed by atoms with Crippen molar-refractivity contribution in [3.63, 3.8) is 0 Å². The van der Waals surface area contributed by atoms with Crippen molar-refractivity contribution in [3.8, 4) is 0 Å². The summed E-state index contributed by atoms with van der Waals surface area (Å²) in [6, 6.07) is 5.12. The third-order valence-corrected chi connectivity index (χ3v) is 1.99. The molecule has 0 saturated carbocycles. The molecule has 3 heteroatoms. The molecule has 74 valence electrons. The number of carboxylic acids is 1. The fraction of sp³-hybridized carbons (Fsp3) is 0.182. The summed E-state index contributed by atoms with van der Waals surface area (Å²) in [5, 5.41) is 11.9. The van der Waals surface area contributed by atoms with Gasteiger partial charge in [-0.15, -0.1) is 0 Å². The Balaban J connectivity index is 3.43. The number of carbonyl (C=O) groups is 1. The quantitative estimate of drug-likeness (QED) is 0.771. The van der Waals surface area contributed by atoms with Crippen molar-refractivity contribution in [3.05, 3.63) is 35.9 Å². The van der Waals surface area contributed by atoms with E-state index in [0.717, 1.165) is 11.3 Å². The molecule has 14 heavy (non-hydrogen) atoms. The number of rotatable bonds is 3.